The molecule has 0 bridgehead atoms. The number of hydrogen-bond donors (Lipinski definition) is 1. The summed E-state index contributed by atoms with van der Waals surface area (Å²) in [7, 11) is -4.38. The van der Waals surface area contributed by atoms with Crippen LogP contribution in [0.15, 0.2) is 17.0 Å². The van der Waals surface area contributed by atoms with Crippen LogP contribution in [0.25, 0.3) is 0 Å². The van der Waals surface area contributed by atoms with Crippen molar-refractivity contribution >= 4 is 31.3 Å². The van der Waals surface area contributed by atoms with Crippen molar-refractivity contribution in [3.63, 3.8) is 0 Å². The molecule has 0 atom stereocenters. The molecule has 1 rings (SSSR count). The van der Waals surface area contributed by atoms with Crippen molar-refractivity contribution in [1.82, 2.24) is 0 Å². The second-order valence-electron chi connectivity index (χ2n) is 14.7. The summed E-state index contributed by atoms with van der Waals surface area (Å²) in [5, 5.41) is 0. The zero-order chi connectivity index (χ0) is 35.0. The van der Waals surface area contributed by atoms with Crippen molar-refractivity contribution in [2.24, 2.45) is 0 Å². The second kappa shape index (κ2) is 32.6. The quantitative estimate of drug-likeness (QED) is 0.0417. The van der Waals surface area contributed by atoms with Gasteiger partial charge >= 0.3 is 0 Å². The maximum Gasteiger partial charge on any atom is 0.295 e. The zero-order valence-electron chi connectivity index (χ0n) is 31.7. The molecule has 0 aliphatic rings. The van der Waals surface area contributed by atoms with Gasteiger partial charge in [0, 0.05) is 0 Å². The molecule has 282 valence electrons. The number of halogens is 1. The fourth-order valence-electron chi connectivity index (χ4n) is 7.06. The van der Waals surface area contributed by atoms with E-state index in [0.29, 0.717) is 3.57 Å². The largest absolute Gasteiger partial charge is 0.295 e. The SMILES string of the molecule is CCCCCCCCCCCCCCCCCCc1cc(CCCCCCCCCCCCCCCCCC)c(I=O)c(S(=O)(=O)O)c1. The molecule has 0 spiro atoms. The van der Waals surface area contributed by atoms with E-state index < -0.39 is 31.3 Å². The second-order valence-corrected chi connectivity index (χ2v) is 17.6. The van der Waals surface area contributed by atoms with Crippen molar-refractivity contribution in [1.29, 1.82) is 0 Å². The average molecular weight is 805 g/mol. The first-order valence-electron chi connectivity index (χ1n) is 20.8. The number of benzene rings is 1. The first-order valence-corrected chi connectivity index (χ1v) is 24.2. The van der Waals surface area contributed by atoms with E-state index in [0.717, 1.165) is 49.7 Å². The molecule has 0 aliphatic carbocycles. The number of aryl methyl sites for hydroxylation is 2. The van der Waals surface area contributed by atoms with Crippen LogP contribution >= 0.6 is 21.2 Å². The molecule has 0 fully saturated rings. The van der Waals surface area contributed by atoms with Gasteiger partial charge in [-0.3, -0.25) is 7.62 Å². The lowest BCUT2D eigenvalue weighted by Gasteiger charge is -2.12. The van der Waals surface area contributed by atoms with Crippen molar-refractivity contribution in [2.45, 2.75) is 237 Å². The van der Waals surface area contributed by atoms with Gasteiger partial charge in [-0.15, -0.1) is 0 Å². The van der Waals surface area contributed by atoms with Crippen molar-refractivity contribution in [3.05, 3.63) is 26.8 Å². The average Bonchev–Trinajstić information content (AvgIpc) is 3.07. The van der Waals surface area contributed by atoms with Crippen molar-refractivity contribution in [3.8, 4) is 0 Å². The van der Waals surface area contributed by atoms with E-state index in [-0.39, 0.29) is 4.90 Å². The lowest BCUT2D eigenvalue weighted by atomic mass is 9.99. The Bertz CT molecular complexity index is 994. The van der Waals surface area contributed by atoms with Crippen LogP contribution in [-0.2, 0) is 26.0 Å². The normalized spacial score (nSPS) is 11.9. The van der Waals surface area contributed by atoms with Gasteiger partial charge in [-0.2, -0.15) is 8.42 Å². The zero-order valence-corrected chi connectivity index (χ0v) is 34.6. The van der Waals surface area contributed by atoms with Crippen molar-refractivity contribution in [2.75, 3.05) is 0 Å². The summed E-state index contributed by atoms with van der Waals surface area (Å²) in [5.41, 5.74) is 1.84. The predicted molar refractivity (Wildman–Crippen MR) is 216 cm³/mol. The third kappa shape index (κ3) is 25.6. The summed E-state index contributed by atoms with van der Waals surface area (Å²) in [5.74, 6) is 0. The highest BCUT2D eigenvalue weighted by Gasteiger charge is 2.20. The van der Waals surface area contributed by atoms with Gasteiger partial charge < -0.3 is 0 Å². The van der Waals surface area contributed by atoms with Gasteiger partial charge in [0.05, 0.1) is 3.57 Å². The van der Waals surface area contributed by atoms with Gasteiger partial charge in [-0.25, -0.2) is 0 Å². The van der Waals surface area contributed by atoms with E-state index in [9.17, 15) is 16.0 Å². The fraction of sp³-hybridized carbons (Fsp3) is 0.857. The van der Waals surface area contributed by atoms with E-state index in [4.69, 9.17) is 0 Å². The van der Waals surface area contributed by atoms with Gasteiger partial charge in [0.25, 0.3) is 10.1 Å². The number of hydrogen-bond acceptors (Lipinski definition) is 3. The fourth-order valence-corrected chi connectivity index (χ4v) is 9.85. The molecule has 1 aromatic rings. The van der Waals surface area contributed by atoms with Crippen LogP contribution in [0.3, 0.4) is 0 Å². The minimum absolute atomic E-state index is 0.106. The molecule has 4 nitrogen and oxygen atoms in total. The molecule has 0 amide bonds. The van der Waals surface area contributed by atoms with E-state index in [1.54, 1.807) is 6.07 Å². The Kier molecular flexibility index (Phi) is 31.0. The van der Waals surface area contributed by atoms with Crippen molar-refractivity contribution < 1.29 is 16.0 Å². The molecule has 0 saturated carbocycles. The summed E-state index contributed by atoms with van der Waals surface area (Å²) in [4.78, 5) is -0.106. The van der Waals surface area contributed by atoms with Gasteiger partial charge in [-0.05, 0) is 42.9 Å². The Morgan fingerprint density at radius 3 is 1.04 bits per heavy atom. The monoisotopic (exact) mass is 804 g/mol. The highest BCUT2D eigenvalue weighted by Crippen LogP contribution is 2.29. The summed E-state index contributed by atoms with van der Waals surface area (Å²) < 4.78 is 46.9. The lowest BCUT2D eigenvalue weighted by Crippen LogP contribution is -2.06. The Labute approximate surface area is 309 Å². The van der Waals surface area contributed by atoms with E-state index in [1.165, 1.54) is 180 Å². The Morgan fingerprint density at radius 2 is 0.750 bits per heavy atom. The molecule has 6 heteroatoms. The van der Waals surface area contributed by atoms with Crippen LogP contribution < -0.4 is 0 Å². The Morgan fingerprint density at radius 1 is 0.458 bits per heavy atom. The smallest absolute Gasteiger partial charge is 0.282 e. The molecular weight excluding hydrogens is 727 g/mol. The van der Waals surface area contributed by atoms with E-state index in [2.05, 4.69) is 19.9 Å². The molecule has 0 aliphatic heterocycles. The number of unbranched alkanes of at least 4 members (excludes halogenated alkanes) is 30. The minimum atomic E-state index is -4.38. The molecule has 0 saturated heterocycles. The first kappa shape index (κ1) is 45.7. The van der Waals surface area contributed by atoms with Crippen LogP contribution in [0.2, 0.25) is 0 Å². The van der Waals surface area contributed by atoms with Gasteiger partial charge in [0.2, 0.25) is 0 Å². The van der Waals surface area contributed by atoms with Crippen LogP contribution in [0, 0.1) is 3.57 Å². The molecule has 0 heterocycles. The summed E-state index contributed by atoms with van der Waals surface area (Å²) in [6.45, 7) is 4.55. The lowest BCUT2D eigenvalue weighted by molar-refractivity contribution is 0.482. The maximum atomic E-state index is 12.2. The standard InChI is InChI=1S/C42H77IO4S/c1-3-5-7-9-11-13-15-17-19-21-23-25-27-29-31-33-35-39-37-40(42(43-44)41(38-39)48(45,46)47)36-34-32-30-28-26-24-22-20-18-16-14-12-10-8-6-4-2/h37-38H,3-36H2,1-2H3,(H,45,46,47). The highest BCUT2D eigenvalue weighted by molar-refractivity contribution is 14.1. The first-order chi connectivity index (χ1) is 23.4. The summed E-state index contributed by atoms with van der Waals surface area (Å²) in [6.07, 6.45) is 43.9. The maximum absolute atomic E-state index is 12.2. The minimum Gasteiger partial charge on any atom is -0.282 e. The molecule has 1 aromatic carbocycles. The van der Waals surface area contributed by atoms with Gasteiger partial charge in [-0.1, -0.05) is 213 Å². The van der Waals surface area contributed by atoms with Gasteiger partial charge in [0.1, 0.15) is 4.90 Å². The Hall–Kier alpha value is -0.340. The van der Waals surface area contributed by atoms with Crippen LogP contribution in [0.1, 0.15) is 230 Å². The summed E-state index contributed by atoms with van der Waals surface area (Å²) >= 11 is -1.68. The molecular formula is C42H77IO4S. The topological polar surface area (TPSA) is 71.4 Å². The molecule has 0 aromatic heterocycles. The van der Waals surface area contributed by atoms with Crippen LogP contribution in [-0.4, -0.2) is 13.0 Å². The third-order valence-electron chi connectivity index (χ3n) is 10.1. The third-order valence-corrected chi connectivity index (χ3v) is 13.1. The Balaban J connectivity index is 2.23. The summed E-state index contributed by atoms with van der Waals surface area (Å²) in [6, 6.07) is 3.67. The molecule has 1 N–H and O–H groups in total. The molecule has 0 unspecified atom stereocenters. The van der Waals surface area contributed by atoms with Crippen LogP contribution in [0.4, 0.5) is 0 Å². The molecule has 48 heavy (non-hydrogen) atoms. The molecule has 0 radical (unpaired) electrons. The van der Waals surface area contributed by atoms with Crippen LogP contribution in [0.5, 0.6) is 0 Å². The number of rotatable bonds is 36. The van der Waals surface area contributed by atoms with E-state index >= 15 is 0 Å². The van der Waals surface area contributed by atoms with Gasteiger partial charge in [0.15, 0.2) is 21.2 Å². The highest BCUT2D eigenvalue weighted by atomic mass is 127. The van der Waals surface area contributed by atoms with E-state index in [1.807, 2.05) is 0 Å². The predicted octanol–water partition coefficient (Wildman–Crippen LogP) is 15.0.